The molecular formula is C14H18Cl2N4. The van der Waals surface area contributed by atoms with Crippen LogP contribution in [0, 0.1) is 0 Å². The van der Waals surface area contributed by atoms with Crippen molar-refractivity contribution in [1.82, 2.24) is 20.3 Å². The maximum atomic E-state index is 6.14. The van der Waals surface area contributed by atoms with Crippen LogP contribution in [0.2, 0.25) is 10.0 Å². The highest BCUT2D eigenvalue weighted by atomic mass is 35.5. The van der Waals surface area contributed by atoms with Crippen LogP contribution in [0.25, 0.3) is 0 Å². The van der Waals surface area contributed by atoms with Crippen LogP contribution < -0.4 is 5.32 Å². The lowest BCUT2D eigenvalue weighted by molar-refractivity contribution is 0.421. The lowest BCUT2D eigenvalue weighted by Gasteiger charge is -2.19. The molecule has 1 heterocycles. The summed E-state index contributed by atoms with van der Waals surface area (Å²) in [6.45, 7) is 7.59. The third-order valence-electron chi connectivity index (χ3n) is 2.73. The first-order valence-corrected chi connectivity index (χ1v) is 7.17. The Labute approximate surface area is 129 Å². The van der Waals surface area contributed by atoms with E-state index in [-0.39, 0.29) is 5.54 Å². The molecule has 0 aliphatic rings. The molecule has 0 aliphatic carbocycles. The van der Waals surface area contributed by atoms with E-state index >= 15 is 0 Å². The smallest absolute Gasteiger partial charge is 0.0965 e. The lowest BCUT2D eigenvalue weighted by Crippen LogP contribution is -2.35. The van der Waals surface area contributed by atoms with Crippen LogP contribution in [-0.4, -0.2) is 20.5 Å². The Morgan fingerprint density at radius 2 is 2.00 bits per heavy atom. The minimum atomic E-state index is 0.0556. The number of nitrogens with zero attached hydrogens (tertiary/aromatic N) is 3. The normalized spacial score (nSPS) is 11.8. The van der Waals surface area contributed by atoms with Gasteiger partial charge in [0.1, 0.15) is 0 Å². The highest BCUT2D eigenvalue weighted by Crippen LogP contribution is 2.21. The molecule has 1 aromatic carbocycles. The molecule has 0 amide bonds. The second-order valence-electron chi connectivity index (χ2n) is 5.75. The largest absolute Gasteiger partial charge is 0.306 e. The van der Waals surface area contributed by atoms with Crippen molar-refractivity contribution < 1.29 is 0 Å². The van der Waals surface area contributed by atoms with Crippen molar-refractivity contribution >= 4 is 23.2 Å². The summed E-state index contributed by atoms with van der Waals surface area (Å²) >= 11 is 12.1. The van der Waals surface area contributed by atoms with Crippen molar-refractivity contribution in [1.29, 1.82) is 0 Å². The van der Waals surface area contributed by atoms with Gasteiger partial charge in [0.25, 0.3) is 0 Å². The van der Waals surface area contributed by atoms with E-state index in [1.165, 1.54) is 0 Å². The maximum Gasteiger partial charge on any atom is 0.0965 e. The molecule has 4 nitrogen and oxygen atoms in total. The second kappa shape index (κ2) is 6.12. The summed E-state index contributed by atoms with van der Waals surface area (Å²) in [5.41, 5.74) is 1.89. The van der Waals surface area contributed by atoms with Gasteiger partial charge in [-0.25, -0.2) is 4.68 Å². The molecular weight excluding hydrogens is 295 g/mol. The molecule has 108 valence electrons. The summed E-state index contributed by atoms with van der Waals surface area (Å²) in [5.74, 6) is 0. The van der Waals surface area contributed by atoms with E-state index in [0.29, 0.717) is 23.1 Å². The molecule has 20 heavy (non-hydrogen) atoms. The summed E-state index contributed by atoms with van der Waals surface area (Å²) in [4.78, 5) is 0. The van der Waals surface area contributed by atoms with Crippen molar-refractivity contribution in [3.05, 3.63) is 45.7 Å². The highest BCUT2D eigenvalue weighted by Gasteiger charge is 2.10. The molecule has 1 N–H and O–H groups in total. The number of rotatable bonds is 4. The molecule has 0 saturated carbocycles. The average Bonchev–Trinajstić information content (AvgIpc) is 2.78. The zero-order chi connectivity index (χ0) is 14.8. The topological polar surface area (TPSA) is 42.7 Å². The monoisotopic (exact) mass is 312 g/mol. The Morgan fingerprint density at radius 1 is 1.25 bits per heavy atom. The van der Waals surface area contributed by atoms with Crippen molar-refractivity contribution in [2.45, 2.75) is 39.4 Å². The fraction of sp³-hybridized carbons (Fsp3) is 0.429. The van der Waals surface area contributed by atoms with E-state index in [4.69, 9.17) is 23.2 Å². The molecule has 0 fully saturated rings. The first kappa shape index (κ1) is 15.3. The maximum absolute atomic E-state index is 6.14. The number of aromatic nitrogens is 3. The number of halogens is 2. The van der Waals surface area contributed by atoms with Crippen LogP contribution in [0.15, 0.2) is 24.4 Å². The van der Waals surface area contributed by atoms with Gasteiger partial charge in [-0.2, -0.15) is 0 Å². The van der Waals surface area contributed by atoms with Crippen LogP contribution in [0.5, 0.6) is 0 Å². The third kappa shape index (κ3) is 4.47. The molecule has 0 spiro atoms. The van der Waals surface area contributed by atoms with E-state index in [1.807, 2.05) is 12.3 Å². The predicted molar refractivity (Wildman–Crippen MR) is 82.2 cm³/mol. The molecule has 0 radical (unpaired) electrons. The molecule has 1 aromatic heterocycles. The number of hydrogen-bond donors (Lipinski definition) is 1. The van der Waals surface area contributed by atoms with Crippen LogP contribution in [0.4, 0.5) is 0 Å². The molecule has 0 unspecified atom stereocenters. The van der Waals surface area contributed by atoms with Crippen molar-refractivity contribution in [3.63, 3.8) is 0 Å². The SMILES string of the molecule is CC(C)(C)NCc1cn(Cc2cc(Cl)ccc2Cl)nn1. The number of hydrogen-bond acceptors (Lipinski definition) is 3. The van der Waals surface area contributed by atoms with E-state index in [2.05, 4.69) is 36.4 Å². The molecule has 2 aromatic rings. The lowest BCUT2D eigenvalue weighted by atomic mass is 10.1. The molecule has 0 bridgehead atoms. The summed E-state index contributed by atoms with van der Waals surface area (Å²) in [6.07, 6.45) is 1.91. The van der Waals surface area contributed by atoms with Gasteiger partial charge in [0, 0.05) is 22.1 Å². The minimum absolute atomic E-state index is 0.0556. The Balaban J connectivity index is 2.04. The fourth-order valence-corrected chi connectivity index (χ4v) is 2.06. The van der Waals surface area contributed by atoms with Gasteiger partial charge in [-0.05, 0) is 44.5 Å². The van der Waals surface area contributed by atoms with Crippen LogP contribution >= 0.6 is 23.2 Å². The summed E-state index contributed by atoms with van der Waals surface area (Å²) in [7, 11) is 0. The summed E-state index contributed by atoms with van der Waals surface area (Å²) in [5, 5.41) is 13.0. The van der Waals surface area contributed by atoms with Gasteiger partial charge in [0.2, 0.25) is 0 Å². The van der Waals surface area contributed by atoms with Crippen LogP contribution in [0.1, 0.15) is 32.0 Å². The van der Waals surface area contributed by atoms with Gasteiger partial charge >= 0.3 is 0 Å². The quantitative estimate of drug-likeness (QED) is 0.939. The average molecular weight is 313 g/mol. The van der Waals surface area contributed by atoms with Crippen molar-refractivity contribution in [3.8, 4) is 0 Å². The van der Waals surface area contributed by atoms with Gasteiger partial charge in [0.05, 0.1) is 18.4 Å². The van der Waals surface area contributed by atoms with Crippen molar-refractivity contribution in [2.24, 2.45) is 0 Å². The van der Waals surface area contributed by atoms with E-state index < -0.39 is 0 Å². The highest BCUT2D eigenvalue weighted by molar-refractivity contribution is 6.33. The fourth-order valence-electron chi connectivity index (χ4n) is 1.69. The van der Waals surface area contributed by atoms with Gasteiger partial charge in [-0.3, -0.25) is 0 Å². The molecule has 0 atom stereocenters. The molecule has 6 heteroatoms. The molecule has 0 aliphatic heterocycles. The Kier molecular flexibility index (Phi) is 4.68. The van der Waals surface area contributed by atoms with Crippen LogP contribution in [-0.2, 0) is 13.1 Å². The van der Waals surface area contributed by atoms with Gasteiger partial charge in [0.15, 0.2) is 0 Å². The Morgan fingerprint density at radius 3 is 2.70 bits per heavy atom. The van der Waals surface area contributed by atoms with E-state index in [9.17, 15) is 0 Å². The number of nitrogens with one attached hydrogen (secondary N) is 1. The molecule has 0 saturated heterocycles. The Hall–Kier alpha value is -1.10. The van der Waals surface area contributed by atoms with Crippen molar-refractivity contribution in [2.75, 3.05) is 0 Å². The first-order chi connectivity index (χ1) is 9.33. The summed E-state index contributed by atoms with van der Waals surface area (Å²) < 4.78 is 1.76. The summed E-state index contributed by atoms with van der Waals surface area (Å²) in [6, 6.07) is 5.41. The Bertz CT molecular complexity index is 587. The standard InChI is InChI=1S/C14H18Cl2N4/c1-14(2,3)17-7-12-9-20(19-18-12)8-10-6-11(15)4-5-13(10)16/h4-6,9,17H,7-8H2,1-3H3. The predicted octanol–water partition coefficient (Wildman–Crippen LogP) is 3.52. The zero-order valence-electron chi connectivity index (χ0n) is 11.8. The van der Waals surface area contributed by atoms with E-state index in [0.717, 1.165) is 11.3 Å². The minimum Gasteiger partial charge on any atom is -0.306 e. The zero-order valence-corrected chi connectivity index (χ0v) is 13.3. The van der Waals surface area contributed by atoms with Gasteiger partial charge in [-0.15, -0.1) is 5.10 Å². The first-order valence-electron chi connectivity index (χ1n) is 6.41. The number of benzene rings is 1. The van der Waals surface area contributed by atoms with E-state index in [1.54, 1.807) is 16.8 Å². The molecule has 2 rings (SSSR count). The van der Waals surface area contributed by atoms with Gasteiger partial charge in [-0.1, -0.05) is 28.4 Å². The second-order valence-corrected chi connectivity index (χ2v) is 6.59. The van der Waals surface area contributed by atoms with Crippen LogP contribution in [0.3, 0.4) is 0 Å². The van der Waals surface area contributed by atoms with Gasteiger partial charge < -0.3 is 5.32 Å². The third-order valence-corrected chi connectivity index (χ3v) is 3.33.